The summed E-state index contributed by atoms with van der Waals surface area (Å²) < 4.78 is 39.8. The van der Waals surface area contributed by atoms with Crippen molar-refractivity contribution in [1.82, 2.24) is 15.0 Å². The van der Waals surface area contributed by atoms with Gasteiger partial charge in [0.2, 0.25) is 0 Å². The Hall–Kier alpha value is -2.78. The molecule has 0 bridgehead atoms. The SMILES string of the molecule is Nc1c(C(=O)Nc2cc(C(F)(F)F)ccc2Cl)nnn1Cc1cccc(Cl)c1. The minimum absolute atomic E-state index is 0.0550. The lowest BCUT2D eigenvalue weighted by molar-refractivity contribution is -0.137. The van der Waals surface area contributed by atoms with Gasteiger partial charge in [0.25, 0.3) is 5.91 Å². The molecule has 28 heavy (non-hydrogen) atoms. The summed E-state index contributed by atoms with van der Waals surface area (Å²) in [4.78, 5) is 12.4. The van der Waals surface area contributed by atoms with Crippen molar-refractivity contribution < 1.29 is 18.0 Å². The highest BCUT2D eigenvalue weighted by atomic mass is 35.5. The molecule has 3 rings (SSSR count). The zero-order chi connectivity index (χ0) is 20.5. The topological polar surface area (TPSA) is 85.8 Å². The molecule has 3 N–H and O–H groups in total. The molecular formula is C17H12Cl2F3N5O. The van der Waals surface area contributed by atoms with E-state index in [9.17, 15) is 18.0 Å². The van der Waals surface area contributed by atoms with Gasteiger partial charge in [-0.3, -0.25) is 4.79 Å². The molecule has 0 unspecified atom stereocenters. The molecule has 0 radical (unpaired) electrons. The van der Waals surface area contributed by atoms with Crippen LogP contribution in [0.25, 0.3) is 0 Å². The van der Waals surface area contributed by atoms with Crippen molar-refractivity contribution in [1.29, 1.82) is 0 Å². The quantitative estimate of drug-likeness (QED) is 0.639. The second kappa shape index (κ2) is 7.69. The van der Waals surface area contributed by atoms with E-state index in [1.807, 2.05) is 0 Å². The summed E-state index contributed by atoms with van der Waals surface area (Å²) in [6, 6.07) is 9.52. The van der Waals surface area contributed by atoms with Crippen molar-refractivity contribution in [2.24, 2.45) is 0 Å². The second-order valence-electron chi connectivity index (χ2n) is 5.76. The Morgan fingerprint density at radius 3 is 2.61 bits per heavy atom. The van der Waals surface area contributed by atoms with Gasteiger partial charge in [0.15, 0.2) is 11.5 Å². The standard InChI is InChI=1S/C17H12Cl2F3N5O/c18-11-3-1-2-9(6-11)8-27-15(23)14(25-26-27)16(28)24-13-7-10(17(20,21)22)4-5-12(13)19/h1-7H,8,23H2,(H,24,28). The van der Waals surface area contributed by atoms with E-state index < -0.39 is 17.6 Å². The molecule has 1 amide bonds. The number of nitrogens with zero attached hydrogens (tertiary/aromatic N) is 3. The van der Waals surface area contributed by atoms with Crippen LogP contribution in [0.2, 0.25) is 10.0 Å². The Balaban J connectivity index is 1.82. The number of rotatable bonds is 4. The van der Waals surface area contributed by atoms with Crippen molar-refractivity contribution in [2.75, 3.05) is 11.1 Å². The van der Waals surface area contributed by atoms with Gasteiger partial charge in [-0.25, -0.2) is 4.68 Å². The highest BCUT2D eigenvalue weighted by Crippen LogP contribution is 2.34. The van der Waals surface area contributed by atoms with E-state index in [2.05, 4.69) is 15.6 Å². The maximum Gasteiger partial charge on any atom is 0.416 e. The zero-order valence-corrected chi connectivity index (χ0v) is 15.5. The normalized spacial score (nSPS) is 11.5. The number of nitrogens with two attached hydrogens (primary N) is 1. The molecule has 0 aliphatic rings. The Labute approximate surface area is 167 Å². The average Bonchev–Trinajstić information content (AvgIpc) is 2.96. The number of nitrogens with one attached hydrogen (secondary N) is 1. The first-order chi connectivity index (χ1) is 13.1. The summed E-state index contributed by atoms with van der Waals surface area (Å²) in [5.41, 5.74) is 5.28. The van der Waals surface area contributed by atoms with Crippen LogP contribution in [-0.4, -0.2) is 20.9 Å². The average molecular weight is 430 g/mol. The maximum atomic E-state index is 12.9. The third kappa shape index (κ3) is 4.37. The van der Waals surface area contributed by atoms with Crippen LogP contribution in [0.1, 0.15) is 21.6 Å². The van der Waals surface area contributed by atoms with Crippen molar-refractivity contribution >= 4 is 40.6 Å². The lowest BCUT2D eigenvalue weighted by Gasteiger charge is -2.11. The van der Waals surface area contributed by atoms with Crippen LogP contribution in [0.15, 0.2) is 42.5 Å². The molecule has 0 aliphatic carbocycles. The Kier molecular flexibility index (Phi) is 5.48. The number of alkyl halides is 3. The summed E-state index contributed by atoms with van der Waals surface area (Å²) in [7, 11) is 0. The van der Waals surface area contributed by atoms with Gasteiger partial charge in [0.05, 0.1) is 22.8 Å². The van der Waals surface area contributed by atoms with Crippen LogP contribution in [-0.2, 0) is 12.7 Å². The number of carbonyl (C=O) groups excluding carboxylic acids is 1. The molecular weight excluding hydrogens is 418 g/mol. The van der Waals surface area contributed by atoms with Gasteiger partial charge in [0.1, 0.15) is 0 Å². The molecule has 0 aliphatic heterocycles. The van der Waals surface area contributed by atoms with Crippen LogP contribution in [0, 0.1) is 0 Å². The summed E-state index contributed by atoms with van der Waals surface area (Å²) >= 11 is 11.8. The largest absolute Gasteiger partial charge is 0.416 e. The van der Waals surface area contributed by atoms with E-state index in [-0.39, 0.29) is 28.8 Å². The van der Waals surface area contributed by atoms with Crippen LogP contribution in [0.5, 0.6) is 0 Å². The van der Waals surface area contributed by atoms with Crippen LogP contribution in [0.3, 0.4) is 0 Å². The lowest BCUT2D eigenvalue weighted by atomic mass is 10.2. The van der Waals surface area contributed by atoms with Gasteiger partial charge in [-0.15, -0.1) is 5.10 Å². The highest BCUT2D eigenvalue weighted by molar-refractivity contribution is 6.34. The van der Waals surface area contributed by atoms with Gasteiger partial charge in [-0.1, -0.05) is 40.5 Å². The van der Waals surface area contributed by atoms with Crippen molar-refractivity contribution in [3.05, 3.63) is 69.3 Å². The maximum absolute atomic E-state index is 12.9. The first-order valence-electron chi connectivity index (χ1n) is 7.76. The highest BCUT2D eigenvalue weighted by Gasteiger charge is 2.31. The molecule has 146 valence electrons. The number of hydrogen-bond acceptors (Lipinski definition) is 4. The Morgan fingerprint density at radius 2 is 1.93 bits per heavy atom. The predicted octanol–water partition coefficient (Wildman–Crippen LogP) is 4.49. The van der Waals surface area contributed by atoms with Gasteiger partial charge < -0.3 is 11.1 Å². The molecule has 11 heteroatoms. The van der Waals surface area contributed by atoms with E-state index >= 15 is 0 Å². The molecule has 1 heterocycles. The number of benzene rings is 2. The second-order valence-corrected chi connectivity index (χ2v) is 6.60. The van der Waals surface area contributed by atoms with Gasteiger partial charge in [-0.2, -0.15) is 13.2 Å². The van der Waals surface area contributed by atoms with E-state index in [4.69, 9.17) is 28.9 Å². The van der Waals surface area contributed by atoms with E-state index in [0.29, 0.717) is 5.02 Å². The van der Waals surface area contributed by atoms with Crippen molar-refractivity contribution in [3.63, 3.8) is 0 Å². The fraction of sp³-hybridized carbons (Fsp3) is 0.118. The monoisotopic (exact) mass is 429 g/mol. The fourth-order valence-corrected chi connectivity index (χ4v) is 2.76. The first-order valence-corrected chi connectivity index (χ1v) is 8.52. The van der Waals surface area contributed by atoms with Crippen molar-refractivity contribution in [3.8, 4) is 0 Å². The van der Waals surface area contributed by atoms with E-state index in [0.717, 1.165) is 23.8 Å². The first kappa shape index (κ1) is 20.0. The van der Waals surface area contributed by atoms with Gasteiger partial charge >= 0.3 is 6.18 Å². The molecule has 0 fully saturated rings. The molecule has 2 aromatic carbocycles. The molecule has 6 nitrogen and oxygen atoms in total. The third-order valence-corrected chi connectivity index (χ3v) is 4.32. The van der Waals surface area contributed by atoms with Crippen molar-refractivity contribution in [2.45, 2.75) is 12.7 Å². The van der Waals surface area contributed by atoms with Gasteiger partial charge in [0, 0.05) is 5.02 Å². The molecule has 3 aromatic rings. The minimum atomic E-state index is -4.58. The van der Waals surface area contributed by atoms with Crippen LogP contribution >= 0.6 is 23.2 Å². The molecule has 0 saturated carbocycles. The Morgan fingerprint density at radius 1 is 1.18 bits per heavy atom. The van der Waals surface area contributed by atoms with E-state index in [1.54, 1.807) is 24.3 Å². The number of aromatic nitrogens is 3. The van der Waals surface area contributed by atoms with Crippen LogP contribution < -0.4 is 11.1 Å². The summed E-state index contributed by atoms with van der Waals surface area (Å²) in [6.07, 6.45) is -4.58. The Bertz CT molecular complexity index is 1040. The number of carbonyl (C=O) groups is 1. The van der Waals surface area contributed by atoms with Gasteiger partial charge in [-0.05, 0) is 35.9 Å². The summed E-state index contributed by atoms with van der Waals surface area (Å²) in [5.74, 6) is -0.892. The lowest BCUT2D eigenvalue weighted by Crippen LogP contribution is -2.16. The van der Waals surface area contributed by atoms with E-state index in [1.165, 1.54) is 4.68 Å². The number of nitrogen functional groups attached to an aromatic ring is 1. The number of anilines is 2. The molecule has 0 spiro atoms. The smallest absolute Gasteiger partial charge is 0.382 e. The number of halogens is 5. The zero-order valence-electron chi connectivity index (χ0n) is 14.0. The third-order valence-electron chi connectivity index (χ3n) is 3.75. The minimum Gasteiger partial charge on any atom is -0.382 e. The van der Waals surface area contributed by atoms with Crippen LogP contribution in [0.4, 0.5) is 24.7 Å². The predicted molar refractivity (Wildman–Crippen MR) is 99.4 cm³/mol. The summed E-state index contributed by atoms with van der Waals surface area (Å²) in [5, 5.41) is 10.3. The molecule has 0 saturated heterocycles. The fourth-order valence-electron chi connectivity index (χ4n) is 2.39. The number of amides is 1. The molecule has 1 aromatic heterocycles. The number of hydrogen-bond donors (Lipinski definition) is 2. The summed E-state index contributed by atoms with van der Waals surface area (Å²) in [6.45, 7) is 0.205. The molecule has 0 atom stereocenters.